The lowest BCUT2D eigenvalue weighted by Gasteiger charge is -2.45. The molecule has 2 aliphatic carbocycles. The van der Waals surface area contributed by atoms with Crippen molar-refractivity contribution in [3.63, 3.8) is 0 Å². The van der Waals surface area contributed by atoms with Crippen LogP contribution in [0.15, 0.2) is 40.5 Å². The molecule has 6 heteroatoms. The quantitative estimate of drug-likeness (QED) is 0.871. The van der Waals surface area contributed by atoms with E-state index in [1.165, 1.54) is 0 Å². The second-order valence-corrected chi connectivity index (χ2v) is 7.90. The molecule has 6 nitrogen and oxygen atoms in total. The Hall–Kier alpha value is -2.34. The van der Waals surface area contributed by atoms with Gasteiger partial charge in [0, 0.05) is 31.0 Å². The lowest BCUT2D eigenvalue weighted by Crippen LogP contribution is -2.46. The molecule has 2 heterocycles. The number of anilines is 1. The van der Waals surface area contributed by atoms with Gasteiger partial charge in [0.2, 0.25) is 0 Å². The highest BCUT2D eigenvalue weighted by atomic mass is 16.5. The molecule has 2 spiro atoms. The molecule has 0 amide bonds. The normalized spacial score (nSPS) is 37.1. The number of amidine groups is 1. The van der Waals surface area contributed by atoms with Crippen LogP contribution in [0.1, 0.15) is 39.6 Å². The van der Waals surface area contributed by atoms with Gasteiger partial charge in [0.25, 0.3) is 6.02 Å². The monoisotopic (exact) mass is 368 g/mol. The third-order valence-electron chi connectivity index (χ3n) is 6.62. The van der Waals surface area contributed by atoms with Crippen molar-refractivity contribution >= 4 is 18.0 Å². The second kappa shape index (κ2) is 6.09. The molecule has 1 aromatic rings. The molecule has 142 valence electrons. The van der Waals surface area contributed by atoms with Crippen LogP contribution in [-0.4, -0.2) is 38.7 Å². The van der Waals surface area contributed by atoms with Crippen LogP contribution < -0.4 is 10.6 Å². The Morgan fingerprint density at radius 1 is 1.37 bits per heavy atom. The van der Waals surface area contributed by atoms with Crippen molar-refractivity contribution in [3.05, 3.63) is 41.6 Å². The Bertz CT molecular complexity index is 921. The van der Waals surface area contributed by atoms with E-state index in [0.717, 1.165) is 55.5 Å². The summed E-state index contributed by atoms with van der Waals surface area (Å²) in [6.45, 7) is -1.28. The Morgan fingerprint density at radius 2 is 2.22 bits per heavy atom. The average molecular weight is 368 g/mol. The van der Waals surface area contributed by atoms with Crippen molar-refractivity contribution < 1.29 is 12.2 Å². The van der Waals surface area contributed by atoms with Gasteiger partial charge in [-0.05, 0) is 61.4 Å². The minimum Gasteiger partial charge on any atom is -0.462 e. The van der Waals surface area contributed by atoms with Crippen LogP contribution in [0, 0.1) is 5.41 Å². The van der Waals surface area contributed by atoms with E-state index in [4.69, 9.17) is 22.9 Å². The zero-order valence-electron chi connectivity index (χ0n) is 17.5. The SMILES string of the molecule is [2H]C1([2H])OC(N)=N[C@]12c1cc(N3C=NC=CC3)ccc1C[C@]21CC[C@@H](OC)CC1. The Morgan fingerprint density at radius 3 is 2.89 bits per heavy atom. The van der Waals surface area contributed by atoms with Crippen LogP contribution in [-0.2, 0) is 21.4 Å². The fourth-order valence-corrected chi connectivity index (χ4v) is 5.17. The third kappa shape index (κ3) is 2.42. The first-order valence-corrected chi connectivity index (χ1v) is 9.56. The molecule has 2 aliphatic heterocycles. The first-order chi connectivity index (χ1) is 13.9. The number of methoxy groups -OCH3 is 1. The first kappa shape index (κ1) is 14.7. The van der Waals surface area contributed by atoms with Crippen molar-refractivity contribution in [1.29, 1.82) is 0 Å². The van der Waals surface area contributed by atoms with Gasteiger partial charge in [-0.1, -0.05) is 6.07 Å². The molecule has 0 aromatic heterocycles. The van der Waals surface area contributed by atoms with Gasteiger partial charge in [0.15, 0.2) is 0 Å². The van der Waals surface area contributed by atoms with Crippen LogP contribution in [0.4, 0.5) is 5.69 Å². The third-order valence-corrected chi connectivity index (χ3v) is 6.62. The van der Waals surface area contributed by atoms with Crippen molar-refractivity contribution in [1.82, 2.24) is 0 Å². The fourth-order valence-electron chi connectivity index (χ4n) is 5.17. The maximum atomic E-state index is 8.83. The molecule has 1 atom stereocenters. The largest absolute Gasteiger partial charge is 0.462 e. The van der Waals surface area contributed by atoms with E-state index in [-0.39, 0.29) is 17.5 Å². The van der Waals surface area contributed by atoms with Gasteiger partial charge < -0.3 is 20.1 Å². The molecule has 2 N–H and O–H groups in total. The van der Waals surface area contributed by atoms with Crippen LogP contribution in [0.25, 0.3) is 0 Å². The number of hydrogen-bond acceptors (Lipinski definition) is 6. The molecule has 1 fully saturated rings. The molecule has 5 rings (SSSR count). The molecular weight excluding hydrogens is 340 g/mol. The summed E-state index contributed by atoms with van der Waals surface area (Å²) in [5.74, 6) is 0. The highest BCUT2D eigenvalue weighted by Gasteiger charge is 2.61. The predicted molar refractivity (Wildman–Crippen MR) is 106 cm³/mol. The molecule has 1 aromatic carbocycles. The number of benzene rings is 1. The molecule has 0 bridgehead atoms. The summed E-state index contributed by atoms with van der Waals surface area (Å²) in [7, 11) is 1.75. The highest BCUT2D eigenvalue weighted by Crippen LogP contribution is 2.61. The van der Waals surface area contributed by atoms with E-state index < -0.39 is 12.1 Å². The van der Waals surface area contributed by atoms with Gasteiger partial charge in [-0.3, -0.25) is 0 Å². The number of aliphatic imine (C=N–C) groups is 2. The van der Waals surface area contributed by atoms with Gasteiger partial charge in [-0.15, -0.1) is 0 Å². The van der Waals surface area contributed by atoms with Crippen LogP contribution in [0.2, 0.25) is 0 Å². The zero-order valence-corrected chi connectivity index (χ0v) is 15.5. The van der Waals surface area contributed by atoms with Crippen molar-refractivity contribution in [3.8, 4) is 0 Å². The fraction of sp³-hybridized carbons (Fsp3) is 0.524. The van der Waals surface area contributed by atoms with E-state index in [0.29, 0.717) is 0 Å². The Kier molecular flexibility index (Phi) is 3.31. The van der Waals surface area contributed by atoms with Crippen LogP contribution >= 0.6 is 0 Å². The van der Waals surface area contributed by atoms with E-state index in [9.17, 15) is 0 Å². The summed E-state index contributed by atoms with van der Waals surface area (Å²) >= 11 is 0. The number of hydrogen-bond donors (Lipinski definition) is 1. The smallest absolute Gasteiger partial charge is 0.283 e. The summed E-state index contributed by atoms with van der Waals surface area (Å²) in [6.07, 6.45) is 9.96. The Balaban J connectivity index is 1.64. The molecular formula is C21H26N4O2. The van der Waals surface area contributed by atoms with Crippen molar-refractivity contribution in [2.75, 3.05) is 25.1 Å². The van der Waals surface area contributed by atoms with Gasteiger partial charge >= 0.3 is 0 Å². The first-order valence-electron chi connectivity index (χ1n) is 10.6. The summed E-state index contributed by atoms with van der Waals surface area (Å²) in [5, 5.41) is 0. The lowest BCUT2D eigenvalue weighted by atomic mass is 9.62. The number of nitrogens with zero attached hydrogens (tertiary/aromatic N) is 3. The standard InChI is InChI=1S/C21H26N4O2/c1-26-17-5-7-20(8-6-17)12-15-3-4-16(25-10-2-9-23-14-25)11-18(15)21(20)13-27-19(22)24-21/h2-4,9,11,14,17H,5-8,10,12-13H2,1H3,(H2,22,24)/t17-,20-,21-/m0/s1/i13D2. The second-order valence-electron chi connectivity index (χ2n) is 7.90. The summed E-state index contributed by atoms with van der Waals surface area (Å²) in [4.78, 5) is 11.0. The molecule has 0 radical (unpaired) electrons. The molecule has 0 unspecified atom stereocenters. The zero-order chi connectivity index (χ0) is 20.3. The summed E-state index contributed by atoms with van der Waals surface area (Å²) in [5.41, 5.74) is 7.44. The van der Waals surface area contributed by atoms with Gasteiger partial charge in [0.05, 0.1) is 15.2 Å². The van der Waals surface area contributed by atoms with Crippen molar-refractivity contribution in [2.45, 2.75) is 43.7 Å². The van der Waals surface area contributed by atoms with E-state index in [1.54, 1.807) is 19.6 Å². The van der Waals surface area contributed by atoms with E-state index in [1.807, 2.05) is 11.0 Å². The van der Waals surface area contributed by atoms with Crippen molar-refractivity contribution in [2.24, 2.45) is 21.1 Å². The van der Waals surface area contributed by atoms with Crippen LogP contribution in [0.3, 0.4) is 0 Å². The van der Waals surface area contributed by atoms with Gasteiger partial charge in [-0.2, -0.15) is 0 Å². The minimum atomic E-state index is -2.00. The number of rotatable bonds is 2. The molecule has 0 saturated heterocycles. The molecule has 27 heavy (non-hydrogen) atoms. The maximum absolute atomic E-state index is 8.83. The topological polar surface area (TPSA) is 72.4 Å². The maximum Gasteiger partial charge on any atom is 0.283 e. The average Bonchev–Trinajstić information content (AvgIpc) is 3.13. The Labute approximate surface area is 162 Å². The molecule has 1 saturated carbocycles. The predicted octanol–water partition coefficient (Wildman–Crippen LogP) is 2.72. The number of ether oxygens (including phenoxy) is 2. The van der Waals surface area contributed by atoms with E-state index >= 15 is 0 Å². The lowest BCUT2D eigenvalue weighted by molar-refractivity contribution is -0.00983. The van der Waals surface area contributed by atoms with Gasteiger partial charge in [0.1, 0.15) is 12.1 Å². The summed E-state index contributed by atoms with van der Waals surface area (Å²) < 4.78 is 28.7. The summed E-state index contributed by atoms with van der Waals surface area (Å²) in [6, 6.07) is 6.18. The molecule has 4 aliphatic rings. The number of fused-ring (bicyclic) bond motifs is 3. The van der Waals surface area contributed by atoms with Gasteiger partial charge in [-0.25, -0.2) is 9.98 Å². The highest BCUT2D eigenvalue weighted by molar-refractivity contribution is 5.82. The van der Waals surface area contributed by atoms with Crippen LogP contribution in [0.5, 0.6) is 0 Å². The minimum absolute atomic E-state index is 0.0658. The van der Waals surface area contributed by atoms with E-state index in [2.05, 4.69) is 23.2 Å². The number of nitrogens with two attached hydrogens (primary N) is 1.